The van der Waals surface area contributed by atoms with Crippen LogP contribution in [0.3, 0.4) is 0 Å². The minimum atomic E-state index is 0.286. The fourth-order valence-corrected chi connectivity index (χ4v) is 2.09. The summed E-state index contributed by atoms with van der Waals surface area (Å²) >= 11 is 0. The van der Waals surface area contributed by atoms with Crippen molar-refractivity contribution in [2.24, 2.45) is 11.8 Å². The van der Waals surface area contributed by atoms with Crippen LogP contribution in [0.5, 0.6) is 0 Å². The Labute approximate surface area is 95.2 Å². The van der Waals surface area contributed by atoms with Crippen LogP contribution in [0.15, 0.2) is 18.3 Å². The van der Waals surface area contributed by atoms with Crippen LogP contribution in [0.2, 0.25) is 0 Å². The number of rotatable bonds is 4. The lowest BCUT2D eigenvalue weighted by Crippen LogP contribution is -2.21. The molecule has 0 aromatic carbocycles. The molecule has 0 spiro atoms. The van der Waals surface area contributed by atoms with E-state index in [0.717, 1.165) is 37.4 Å². The summed E-state index contributed by atoms with van der Waals surface area (Å²) < 4.78 is 0. The first-order valence-electron chi connectivity index (χ1n) is 5.56. The molecule has 16 heavy (non-hydrogen) atoms. The van der Waals surface area contributed by atoms with Gasteiger partial charge in [0, 0.05) is 25.9 Å². The zero-order valence-electron chi connectivity index (χ0n) is 9.26. The number of nitrogens with two attached hydrogens (primary N) is 1. The summed E-state index contributed by atoms with van der Waals surface area (Å²) in [5, 5.41) is 9.06. The number of likely N-dealkylation sites (tertiary alicyclic amines) is 1. The van der Waals surface area contributed by atoms with Crippen LogP contribution in [0, 0.1) is 5.92 Å². The van der Waals surface area contributed by atoms with Gasteiger partial charge in [0.05, 0.1) is 11.4 Å². The van der Waals surface area contributed by atoms with E-state index >= 15 is 0 Å². The predicted molar refractivity (Wildman–Crippen MR) is 62.5 cm³/mol. The molecule has 0 saturated carbocycles. The molecule has 1 saturated heterocycles. The summed E-state index contributed by atoms with van der Waals surface area (Å²) in [7, 11) is 0. The lowest BCUT2D eigenvalue weighted by Gasteiger charge is -2.15. The summed E-state index contributed by atoms with van der Waals surface area (Å²) in [6.07, 6.45) is 2.83. The second kappa shape index (κ2) is 5.25. The quantitative estimate of drug-likeness (QED) is 0.500. The van der Waals surface area contributed by atoms with Crippen LogP contribution in [0.25, 0.3) is 0 Å². The Balaban J connectivity index is 1.94. The Hall–Kier alpha value is -1.17. The third-order valence-electron chi connectivity index (χ3n) is 3.00. The maximum Gasteiger partial charge on any atom is 0.0564 e. The maximum atomic E-state index is 9.06. The second-order valence-corrected chi connectivity index (χ2v) is 4.25. The number of nitrogen functional groups attached to an aromatic ring is 1. The molecule has 5 nitrogen and oxygen atoms in total. The van der Waals surface area contributed by atoms with Crippen LogP contribution in [0.4, 0.5) is 5.69 Å². The van der Waals surface area contributed by atoms with Crippen molar-refractivity contribution in [2.45, 2.75) is 13.0 Å². The van der Waals surface area contributed by atoms with Crippen molar-refractivity contribution >= 4 is 5.69 Å². The maximum absolute atomic E-state index is 9.06. The molecule has 5 heteroatoms. The van der Waals surface area contributed by atoms with E-state index in [-0.39, 0.29) is 6.61 Å². The Morgan fingerprint density at radius 1 is 1.62 bits per heavy atom. The summed E-state index contributed by atoms with van der Waals surface area (Å²) in [5.41, 5.74) is 4.50. The second-order valence-electron chi connectivity index (χ2n) is 4.25. The number of aliphatic hydroxyl groups is 1. The largest absolute Gasteiger partial charge is 0.396 e. The minimum absolute atomic E-state index is 0.286. The van der Waals surface area contributed by atoms with Gasteiger partial charge in [0.2, 0.25) is 0 Å². The first kappa shape index (κ1) is 11.3. The third kappa shape index (κ3) is 2.69. The van der Waals surface area contributed by atoms with Crippen molar-refractivity contribution in [1.29, 1.82) is 0 Å². The van der Waals surface area contributed by atoms with Crippen molar-refractivity contribution < 1.29 is 5.11 Å². The van der Waals surface area contributed by atoms with Crippen LogP contribution in [0.1, 0.15) is 12.1 Å². The highest BCUT2D eigenvalue weighted by Crippen LogP contribution is 2.18. The normalized spacial score (nSPS) is 21.2. The number of pyridine rings is 1. The zero-order valence-corrected chi connectivity index (χ0v) is 9.26. The molecule has 0 bridgehead atoms. The zero-order chi connectivity index (χ0) is 11.4. The topological polar surface area (TPSA) is 74.4 Å². The molecule has 0 amide bonds. The van der Waals surface area contributed by atoms with Gasteiger partial charge in [0.25, 0.3) is 0 Å². The van der Waals surface area contributed by atoms with Gasteiger partial charge in [-0.15, -0.1) is 0 Å². The molecule has 0 radical (unpaired) electrons. The Kier molecular flexibility index (Phi) is 3.71. The number of aromatic nitrogens is 1. The van der Waals surface area contributed by atoms with Gasteiger partial charge in [-0.2, -0.15) is 0 Å². The van der Waals surface area contributed by atoms with Gasteiger partial charge in [0.1, 0.15) is 0 Å². The first-order valence-corrected chi connectivity index (χ1v) is 5.56. The fraction of sp³-hybridized carbons (Fsp3) is 0.545. The summed E-state index contributed by atoms with van der Waals surface area (Å²) in [6, 6.07) is 3.79. The molecular weight excluding hydrogens is 204 g/mol. The number of hydrogen-bond acceptors (Lipinski definition) is 5. The highest BCUT2D eigenvalue weighted by molar-refractivity contribution is 5.41. The van der Waals surface area contributed by atoms with Crippen LogP contribution < -0.4 is 11.3 Å². The molecule has 88 valence electrons. The molecule has 1 aliphatic rings. The summed E-state index contributed by atoms with van der Waals surface area (Å²) in [5.74, 6) is 5.77. The standard InChI is InChI=1S/C11H18N4O/c12-14-10-1-3-13-11(5-10)7-15-4-2-9(6-15)8-16/h1,3,5,9,16H,2,4,6-8,12H2,(H,13,14). The van der Waals surface area contributed by atoms with Crippen molar-refractivity contribution in [2.75, 3.05) is 25.1 Å². The SMILES string of the molecule is NNc1ccnc(CN2CCC(CO)C2)c1. The van der Waals surface area contributed by atoms with E-state index in [9.17, 15) is 0 Å². The molecule has 1 atom stereocenters. The lowest BCUT2D eigenvalue weighted by atomic mass is 10.1. The molecule has 1 fully saturated rings. The van der Waals surface area contributed by atoms with E-state index in [1.54, 1.807) is 6.20 Å². The Morgan fingerprint density at radius 3 is 3.19 bits per heavy atom. The van der Waals surface area contributed by atoms with E-state index in [1.165, 1.54) is 0 Å². The number of hydrazine groups is 1. The Bertz CT molecular complexity index is 345. The molecule has 1 unspecified atom stereocenters. The average molecular weight is 222 g/mol. The van der Waals surface area contributed by atoms with E-state index < -0.39 is 0 Å². The summed E-state index contributed by atoms with van der Waals surface area (Å²) in [6.45, 7) is 3.10. The molecule has 1 aromatic rings. The van der Waals surface area contributed by atoms with Gasteiger partial charge < -0.3 is 10.5 Å². The minimum Gasteiger partial charge on any atom is -0.396 e. The smallest absolute Gasteiger partial charge is 0.0564 e. The molecule has 1 aromatic heterocycles. The molecule has 0 aliphatic carbocycles. The van der Waals surface area contributed by atoms with E-state index in [4.69, 9.17) is 10.9 Å². The number of nitrogens with zero attached hydrogens (tertiary/aromatic N) is 2. The predicted octanol–water partition coefficient (Wildman–Crippen LogP) is 0.181. The Morgan fingerprint density at radius 2 is 2.50 bits per heavy atom. The van der Waals surface area contributed by atoms with Crippen molar-refractivity contribution in [1.82, 2.24) is 9.88 Å². The molecule has 4 N–H and O–H groups in total. The number of anilines is 1. The van der Waals surface area contributed by atoms with Gasteiger partial charge in [-0.25, -0.2) is 0 Å². The van der Waals surface area contributed by atoms with Gasteiger partial charge in [-0.1, -0.05) is 0 Å². The van der Waals surface area contributed by atoms with Crippen molar-refractivity contribution in [3.63, 3.8) is 0 Å². The highest BCUT2D eigenvalue weighted by atomic mass is 16.3. The van der Waals surface area contributed by atoms with Crippen molar-refractivity contribution in [3.05, 3.63) is 24.0 Å². The van der Waals surface area contributed by atoms with E-state index in [1.807, 2.05) is 12.1 Å². The highest BCUT2D eigenvalue weighted by Gasteiger charge is 2.21. The molecular formula is C11H18N4O. The van der Waals surface area contributed by atoms with E-state index in [2.05, 4.69) is 15.3 Å². The third-order valence-corrected chi connectivity index (χ3v) is 3.00. The first-order chi connectivity index (χ1) is 7.81. The average Bonchev–Trinajstić information content (AvgIpc) is 2.77. The number of nitrogens with one attached hydrogen (secondary N) is 1. The van der Waals surface area contributed by atoms with Gasteiger partial charge in [0.15, 0.2) is 0 Å². The van der Waals surface area contributed by atoms with Gasteiger partial charge in [-0.3, -0.25) is 15.7 Å². The number of hydrogen-bond donors (Lipinski definition) is 3. The lowest BCUT2D eigenvalue weighted by molar-refractivity contribution is 0.219. The number of aliphatic hydroxyl groups excluding tert-OH is 1. The fourth-order valence-electron chi connectivity index (χ4n) is 2.09. The van der Waals surface area contributed by atoms with Crippen LogP contribution >= 0.6 is 0 Å². The molecule has 1 aliphatic heterocycles. The monoisotopic (exact) mass is 222 g/mol. The van der Waals surface area contributed by atoms with Gasteiger partial charge >= 0.3 is 0 Å². The van der Waals surface area contributed by atoms with Crippen LogP contribution in [-0.4, -0.2) is 34.7 Å². The molecule has 2 rings (SSSR count). The van der Waals surface area contributed by atoms with E-state index in [0.29, 0.717) is 5.92 Å². The molecule has 2 heterocycles. The summed E-state index contributed by atoms with van der Waals surface area (Å²) in [4.78, 5) is 6.61. The van der Waals surface area contributed by atoms with Crippen molar-refractivity contribution in [3.8, 4) is 0 Å². The van der Waals surface area contributed by atoms with Gasteiger partial charge in [-0.05, 0) is 31.0 Å². The van der Waals surface area contributed by atoms with Crippen LogP contribution in [-0.2, 0) is 6.54 Å².